The minimum Gasteiger partial charge on any atom is -0.207 e. The molecule has 0 bridgehead atoms. The van der Waals surface area contributed by atoms with Gasteiger partial charge in [-0.1, -0.05) is 0 Å². The summed E-state index contributed by atoms with van der Waals surface area (Å²) in [5, 5.41) is 0. The zero-order valence-electron chi connectivity index (χ0n) is 7.74. The van der Waals surface area contributed by atoms with Crippen molar-refractivity contribution in [2.45, 2.75) is 17.2 Å². The van der Waals surface area contributed by atoms with Crippen LogP contribution in [0, 0.1) is 0 Å². The predicted molar refractivity (Wildman–Crippen MR) is 65.0 cm³/mol. The largest absolute Gasteiger partial charge is 0.245 e. The zero-order chi connectivity index (χ0) is 11.1. The van der Waals surface area contributed by atoms with Gasteiger partial charge in [-0.3, -0.25) is 0 Å². The van der Waals surface area contributed by atoms with E-state index in [1.807, 2.05) is 0 Å². The van der Waals surface area contributed by atoms with Crippen LogP contribution in [0.15, 0.2) is 14.7 Å². The van der Waals surface area contributed by atoms with Crippen LogP contribution >= 0.6 is 38.9 Å². The Bertz CT molecular complexity index is 467. The standard InChI is InChI=1S/C8H9BrClNO2S2/c9-8-7(4-6(5-10)14-8)15(12,13)11-2-1-3-11/h4H,1-3,5H2. The number of halogens is 2. The lowest BCUT2D eigenvalue weighted by Crippen LogP contribution is -2.41. The fraction of sp³-hybridized carbons (Fsp3) is 0.500. The fourth-order valence-electron chi connectivity index (χ4n) is 1.31. The summed E-state index contributed by atoms with van der Waals surface area (Å²) in [6.45, 7) is 1.25. The maximum Gasteiger partial charge on any atom is 0.245 e. The summed E-state index contributed by atoms with van der Waals surface area (Å²) in [7, 11) is -3.28. The Kier molecular flexibility index (Phi) is 3.42. The molecular weight excluding hydrogens is 322 g/mol. The highest BCUT2D eigenvalue weighted by Gasteiger charge is 2.31. The summed E-state index contributed by atoms with van der Waals surface area (Å²) in [4.78, 5) is 1.21. The molecule has 7 heteroatoms. The Morgan fingerprint density at radius 1 is 1.53 bits per heavy atom. The first-order valence-corrected chi connectivity index (χ1v) is 7.98. The zero-order valence-corrected chi connectivity index (χ0v) is 11.7. The highest BCUT2D eigenvalue weighted by atomic mass is 79.9. The summed E-state index contributed by atoms with van der Waals surface area (Å²) >= 11 is 10.3. The maximum atomic E-state index is 12.0. The van der Waals surface area contributed by atoms with Crippen molar-refractivity contribution in [3.8, 4) is 0 Å². The van der Waals surface area contributed by atoms with Gasteiger partial charge in [0.25, 0.3) is 0 Å². The summed E-state index contributed by atoms with van der Waals surface area (Å²) in [6.07, 6.45) is 0.948. The van der Waals surface area contributed by atoms with Crippen LogP contribution in [-0.2, 0) is 15.9 Å². The first-order valence-electron chi connectivity index (χ1n) is 4.40. The molecule has 1 aromatic heterocycles. The number of sulfonamides is 1. The van der Waals surface area contributed by atoms with Crippen molar-refractivity contribution in [2.24, 2.45) is 0 Å². The van der Waals surface area contributed by atoms with E-state index in [2.05, 4.69) is 15.9 Å². The number of alkyl halides is 1. The third kappa shape index (κ3) is 2.10. The van der Waals surface area contributed by atoms with Crippen LogP contribution in [0.3, 0.4) is 0 Å². The van der Waals surface area contributed by atoms with Gasteiger partial charge in [-0.25, -0.2) is 8.42 Å². The smallest absolute Gasteiger partial charge is 0.207 e. The number of rotatable bonds is 3. The van der Waals surface area contributed by atoms with Gasteiger partial charge in [0.15, 0.2) is 0 Å². The molecule has 0 unspecified atom stereocenters. The van der Waals surface area contributed by atoms with E-state index in [1.165, 1.54) is 15.6 Å². The average Bonchev–Trinajstić information content (AvgIpc) is 2.43. The molecule has 3 nitrogen and oxygen atoms in total. The monoisotopic (exact) mass is 329 g/mol. The molecule has 0 saturated carbocycles. The summed E-state index contributed by atoms with van der Waals surface area (Å²) in [5.41, 5.74) is 0. The van der Waals surface area contributed by atoms with Gasteiger partial charge < -0.3 is 0 Å². The molecule has 0 N–H and O–H groups in total. The highest BCUT2D eigenvalue weighted by Crippen LogP contribution is 2.35. The maximum absolute atomic E-state index is 12.0. The molecule has 2 heterocycles. The van der Waals surface area contributed by atoms with Crippen molar-refractivity contribution in [1.82, 2.24) is 4.31 Å². The van der Waals surface area contributed by atoms with Gasteiger partial charge in [-0.2, -0.15) is 4.31 Å². The van der Waals surface area contributed by atoms with Crippen LogP contribution in [-0.4, -0.2) is 25.8 Å². The van der Waals surface area contributed by atoms with E-state index in [4.69, 9.17) is 11.6 Å². The third-order valence-corrected chi connectivity index (χ3v) is 6.87. The van der Waals surface area contributed by atoms with Gasteiger partial charge in [0.05, 0.1) is 9.67 Å². The molecule has 1 fully saturated rings. The van der Waals surface area contributed by atoms with Crippen LogP contribution < -0.4 is 0 Å². The van der Waals surface area contributed by atoms with Gasteiger partial charge >= 0.3 is 0 Å². The van der Waals surface area contributed by atoms with Crippen LogP contribution in [0.25, 0.3) is 0 Å². The van der Waals surface area contributed by atoms with Gasteiger partial charge in [0.2, 0.25) is 10.0 Å². The average molecular weight is 331 g/mol. The molecule has 1 saturated heterocycles. The van der Waals surface area contributed by atoms with Crippen molar-refractivity contribution in [1.29, 1.82) is 0 Å². The van der Waals surface area contributed by atoms with E-state index >= 15 is 0 Å². The predicted octanol–water partition coefficient (Wildman–Crippen LogP) is 2.64. The molecule has 0 aromatic carbocycles. The quantitative estimate of drug-likeness (QED) is 0.799. The van der Waals surface area contributed by atoms with E-state index in [0.29, 0.717) is 27.7 Å². The second-order valence-corrected chi connectivity index (χ2v) is 7.87. The SMILES string of the molecule is O=S(=O)(c1cc(CCl)sc1Br)N1CCC1. The Hall–Kier alpha value is 0.380. The van der Waals surface area contributed by atoms with E-state index in [9.17, 15) is 8.42 Å². The molecule has 1 aromatic rings. The van der Waals surface area contributed by atoms with Crippen molar-refractivity contribution in [3.63, 3.8) is 0 Å². The van der Waals surface area contributed by atoms with Crippen molar-refractivity contribution in [3.05, 3.63) is 14.7 Å². The number of hydrogen-bond acceptors (Lipinski definition) is 3. The molecule has 1 aliphatic rings. The van der Waals surface area contributed by atoms with E-state index in [-0.39, 0.29) is 0 Å². The third-order valence-electron chi connectivity index (χ3n) is 2.27. The molecule has 0 atom stereocenters. The van der Waals surface area contributed by atoms with Gasteiger partial charge in [-0.05, 0) is 28.4 Å². The molecule has 0 radical (unpaired) electrons. The molecule has 15 heavy (non-hydrogen) atoms. The van der Waals surface area contributed by atoms with Gasteiger partial charge in [0.1, 0.15) is 4.90 Å². The lowest BCUT2D eigenvalue weighted by Gasteiger charge is -2.29. The van der Waals surface area contributed by atoms with E-state index in [1.54, 1.807) is 6.07 Å². The summed E-state index contributed by atoms with van der Waals surface area (Å²) < 4.78 is 26.2. The number of nitrogens with zero attached hydrogens (tertiary/aromatic N) is 1. The van der Waals surface area contributed by atoms with Crippen LogP contribution in [0.5, 0.6) is 0 Å². The number of hydrogen-bond donors (Lipinski definition) is 0. The minimum atomic E-state index is -3.28. The van der Waals surface area contributed by atoms with E-state index < -0.39 is 10.0 Å². The Labute approximate surface area is 106 Å². The van der Waals surface area contributed by atoms with Crippen LogP contribution in [0.1, 0.15) is 11.3 Å². The first kappa shape index (κ1) is 11.9. The molecular formula is C8H9BrClNO2S2. The normalized spacial score (nSPS) is 17.7. The minimum absolute atomic E-state index is 0.346. The van der Waals surface area contributed by atoms with Gasteiger partial charge in [-0.15, -0.1) is 22.9 Å². The lowest BCUT2D eigenvalue weighted by atomic mass is 10.3. The Morgan fingerprint density at radius 2 is 2.20 bits per heavy atom. The second kappa shape index (κ2) is 4.33. The van der Waals surface area contributed by atoms with Crippen molar-refractivity contribution >= 4 is 48.9 Å². The molecule has 0 aliphatic carbocycles. The molecule has 84 valence electrons. The summed E-state index contributed by atoms with van der Waals surface area (Å²) in [6, 6.07) is 1.65. The Balaban J connectivity index is 2.39. The molecule has 2 rings (SSSR count). The first-order chi connectivity index (χ1) is 7.05. The lowest BCUT2D eigenvalue weighted by molar-refractivity contribution is 0.309. The summed E-state index contributed by atoms with van der Waals surface area (Å²) in [5.74, 6) is 0.346. The van der Waals surface area contributed by atoms with Crippen molar-refractivity contribution in [2.75, 3.05) is 13.1 Å². The Morgan fingerprint density at radius 3 is 2.60 bits per heavy atom. The molecule has 0 amide bonds. The van der Waals surface area contributed by atoms with E-state index in [0.717, 1.165) is 11.3 Å². The highest BCUT2D eigenvalue weighted by molar-refractivity contribution is 9.11. The molecule has 1 aliphatic heterocycles. The second-order valence-electron chi connectivity index (χ2n) is 3.24. The van der Waals surface area contributed by atoms with Crippen LogP contribution in [0.4, 0.5) is 0 Å². The van der Waals surface area contributed by atoms with Gasteiger partial charge in [0, 0.05) is 18.0 Å². The topological polar surface area (TPSA) is 37.4 Å². The number of thiophene rings is 1. The van der Waals surface area contributed by atoms with Crippen molar-refractivity contribution < 1.29 is 8.42 Å². The molecule has 0 spiro atoms. The fourth-order valence-corrected chi connectivity index (χ4v) is 5.55. The van der Waals surface area contributed by atoms with Crippen LogP contribution in [0.2, 0.25) is 0 Å².